The quantitative estimate of drug-likeness (QED) is 0.762. The fraction of sp³-hybridized carbons (Fsp3) is 0.526. The zero-order valence-electron chi connectivity index (χ0n) is 14.5. The number of aliphatic hydroxyl groups is 1. The lowest BCUT2D eigenvalue weighted by molar-refractivity contribution is -0.0306. The molecule has 3 atom stereocenters. The third-order valence-corrected chi connectivity index (χ3v) is 4.86. The number of hydrogen-bond donors (Lipinski definition) is 3. The number of benzene rings is 1. The summed E-state index contributed by atoms with van der Waals surface area (Å²) < 4.78 is 6.06. The second-order valence-electron chi connectivity index (χ2n) is 6.81. The van der Waals surface area contributed by atoms with Gasteiger partial charge in [-0.15, -0.1) is 0 Å². The van der Waals surface area contributed by atoms with E-state index in [1.165, 1.54) is 11.1 Å². The summed E-state index contributed by atoms with van der Waals surface area (Å²) >= 11 is 0. The molecule has 1 aliphatic carbocycles. The van der Waals surface area contributed by atoms with Crippen LogP contribution in [0, 0.1) is 19.8 Å². The van der Waals surface area contributed by atoms with Crippen molar-refractivity contribution in [2.24, 2.45) is 5.92 Å². The van der Waals surface area contributed by atoms with Crippen molar-refractivity contribution in [2.45, 2.75) is 51.9 Å². The molecular weight excluding hydrogens is 302 g/mol. The van der Waals surface area contributed by atoms with Crippen LogP contribution in [0.3, 0.4) is 0 Å². The molecule has 1 aromatic heterocycles. The van der Waals surface area contributed by atoms with E-state index < -0.39 is 6.10 Å². The Hall–Kier alpha value is -1.85. The molecule has 0 radical (unpaired) electrons. The van der Waals surface area contributed by atoms with Gasteiger partial charge in [0.25, 0.3) is 0 Å². The van der Waals surface area contributed by atoms with E-state index in [0.29, 0.717) is 0 Å². The van der Waals surface area contributed by atoms with E-state index in [4.69, 9.17) is 4.74 Å². The molecule has 130 valence electrons. The minimum Gasteiger partial charge on any atom is -0.488 e. The summed E-state index contributed by atoms with van der Waals surface area (Å²) in [6.45, 7) is 5.63. The first kappa shape index (κ1) is 17.0. The van der Waals surface area contributed by atoms with Gasteiger partial charge < -0.3 is 15.2 Å². The smallest absolute Gasteiger partial charge is 0.125 e. The van der Waals surface area contributed by atoms with Gasteiger partial charge in [0, 0.05) is 30.3 Å². The van der Waals surface area contributed by atoms with Gasteiger partial charge in [0.1, 0.15) is 11.9 Å². The Labute approximate surface area is 143 Å². The highest BCUT2D eigenvalue weighted by atomic mass is 16.5. The largest absolute Gasteiger partial charge is 0.488 e. The summed E-state index contributed by atoms with van der Waals surface area (Å²) in [5, 5.41) is 21.1. The molecule has 3 rings (SSSR count). The van der Waals surface area contributed by atoms with Crippen molar-refractivity contribution in [2.75, 3.05) is 6.54 Å². The van der Waals surface area contributed by atoms with Gasteiger partial charge in [-0.3, -0.25) is 5.10 Å². The number of aromatic nitrogens is 2. The standard InChI is InChI=1S/C19H27N3O2/c1-13-5-3-7-17(9-13)24-18-8-4-6-15(19(18)23)10-20-11-16-12-21-22-14(16)2/h3,5,7,9,12,15,18-20,23H,4,6,8,10-11H2,1-2H3,(H,21,22)/t15-,18-,19-/m1/s1. The highest BCUT2D eigenvalue weighted by Gasteiger charge is 2.33. The van der Waals surface area contributed by atoms with Crippen LogP contribution in [0.15, 0.2) is 30.5 Å². The lowest BCUT2D eigenvalue weighted by Gasteiger charge is -2.35. The molecule has 1 aliphatic rings. The second-order valence-corrected chi connectivity index (χ2v) is 6.81. The summed E-state index contributed by atoms with van der Waals surface area (Å²) in [4.78, 5) is 0. The summed E-state index contributed by atoms with van der Waals surface area (Å²) in [6.07, 6.45) is 4.33. The van der Waals surface area contributed by atoms with Gasteiger partial charge in [-0.2, -0.15) is 5.10 Å². The number of aryl methyl sites for hydroxylation is 2. The van der Waals surface area contributed by atoms with Crippen LogP contribution >= 0.6 is 0 Å². The van der Waals surface area contributed by atoms with Crippen LogP contribution in [0.2, 0.25) is 0 Å². The minimum atomic E-state index is -0.433. The fourth-order valence-corrected chi connectivity index (χ4v) is 3.39. The van der Waals surface area contributed by atoms with Crippen molar-refractivity contribution < 1.29 is 9.84 Å². The molecule has 2 aromatic rings. The topological polar surface area (TPSA) is 70.2 Å². The zero-order valence-corrected chi connectivity index (χ0v) is 14.5. The van der Waals surface area contributed by atoms with Gasteiger partial charge in [0.05, 0.1) is 12.3 Å². The summed E-state index contributed by atoms with van der Waals surface area (Å²) in [7, 11) is 0. The Morgan fingerprint density at radius 1 is 1.33 bits per heavy atom. The second kappa shape index (κ2) is 7.81. The Morgan fingerprint density at radius 3 is 2.96 bits per heavy atom. The predicted octanol–water partition coefficient (Wildman–Crippen LogP) is 2.72. The maximum Gasteiger partial charge on any atom is 0.125 e. The molecule has 1 fully saturated rings. The number of H-pyrrole nitrogens is 1. The first-order valence-corrected chi connectivity index (χ1v) is 8.74. The van der Waals surface area contributed by atoms with Crippen LogP contribution < -0.4 is 10.1 Å². The molecule has 3 N–H and O–H groups in total. The van der Waals surface area contributed by atoms with Gasteiger partial charge in [0.15, 0.2) is 0 Å². The number of aromatic amines is 1. The zero-order chi connectivity index (χ0) is 16.9. The monoisotopic (exact) mass is 329 g/mol. The van der Waals surface area contributed by atoms with Crippen molar-refractivity contribution in [3.05, 3.63) is 47.3 Å². The van der Waals surface area contributed by atoms with E-state index in [1.54, 1.807) is 0 Å². The third-order valence-electron chi connectivity index (χ3n) is 4.86. The van der Waals surface area contributed by atoms with Crippen molar-refractivity contribution >= 4 is 0 Å². The highest BCUT2D eigenvalue weighted by Crippen LogP contribution is 2.28. The molecule has 0 aliphatic heterocycles. The Kier molecular flexibility index (Phi) is 5.53. The lowest BCUT2D eigenvalue weighted by atomic mass is 9.84. The summed E-state index contributed by atoms with van der Waals surface area (Å²) in [5.41, 5.74) is 3.44. The van der Waals surface area contributed by atoms with Crippen LogP contribution in [-0.4, -0.2) is 34.1 Å². The maximum absolute atomic E-state index is 10.7. The minimum absolute atomic E-state index is 0.122. The van der Waals surface area contributed by atoms with Gasteiger partial charge in [0.2, 0.25) is 0 Å². The van der Waals surface area contributed by atoms with Gasteiger partial charge >= 0.3 is 0 Å². The molecule has 0 saturated heterocycles. The average Bonchev–Trinajstić information content (AvgIpc) is 2.96. The van der Waals surface area contributed by atoms with Crippen LogP contribution in [0.25, 0.3) is 0 Å². The number of hydrogen-bond acceptors (Lipinski definition) is 4. The van der Waals surface area contributed by atoms with E-state index in [2.05, 4.69) is 28.5 Å². The van der Waals surface area contributed by atoms with Crippen molar-refractivity contribution in [3.8, 4) is 5.75 Å². The molecule has 5 nitrogen and oxygen atoms in total. The Bertz CT molecular complexity index is 656. The summed E-state index contributed by atoms with van der Waals surface area (Å²) in [6, 6.07) is 8.03. The predicted molar refractivity (Wildman–Crippen MR) is 94.0 cm³/mol. The van der Waals surface area contributed by atoms with Crippen LogP contribution in [-0.2, 0) is 6.54 Å². The highest BCUT2D eigenvalue weighted by molar-refractivity contribution is 5.27. The first-order chi connectivity index (χ1) is 11.6. The molecule has 24 heavy (non-hydrogen) atoms. The van der Waals surface area contributed by atoms with E-state index in [0.717, 1.165) is 43.8 Å². The van der Waals surface area contributed by atoms with Gasteiger partial charge in [-0.05, 0) is 50.8 Å². The van der Waals surface area contributed by atoms with E-state index >= 15 is 0 Å². The van der Waals surface area contributed by atoms with E-state index in [-0.39, 0.29) is 12.0 Å². The number of nitrogens with zero attached hydrogens (tertiary/aromatic N) is 1. The molecule has 0 amide bonds. The van der Waals surface area contributed by atoms with Crippen LogP contribution in [0.1, 0.15) is 36.1 Å². The number of rotatable bonds is 6. The van der Waals surface area contributed by atoms with E-state index in [1.807, 2.05) is 31.3 Å². The number of nitrogens with one attached hydrogen (secondary N) is 2. The van der Waals surface area contributed by atoms with Crippen LogP contribution in [0.5, 0.6) is 5.75 Å². The molecule has 1 aromatic carbocycles. The average molecular weight is 329 g/mol. The Balaban J connectivity index is 1.52. The van der Waals surface area contributed by atoms with E-state index in [9.17, 15) is 5.11 Å². The molecule has 0 spiro atoms. The summed E-state index contributed by atoms with van der Waals surface area (Å²) in [5.74, 6) is 1.07. The first-order valence-electron chi connectivity index (χ1n) is 8.74. The third kappa shape index (κ3) is 4.16. The molecule has 0 unspecified atom stereocenters. The van der Waals surface area contributed by atoms with Crippen molar-refractivity contribution in [1.29, 1.82) is 0 Å². The molecule has 5 heteroatoms. The maximum atomic E-state index is 10.7. The van der Waals surface area contributed by atoms with Gasteiger partial charge in [-0.25, -0.2) is 0 Å². The Morgan fingerprint density at radius 2 is 2.21 bits per heavy atom. The molecule has 1 saturated carbocycles. The SMILES string of the molecule is Cc1cccc(O[C@@H]2CCC[C@H](CNCc3cn[nH]c3C)[C@H]2O)c1. The molecular formula is C19H27N3O2. The fourth-order valence-electron chi connectivity index (χ4n) is 3.39. The lowest BCUT2D eigenvalue weighted by Crippen LogP contribution is -2.44. The van der Waals surface area contributed by atoms with Crippen molar-refractivity contribution in [1.82, 2.24) is 15.5 Å². The number of ether oxygens (including phenoxy) is 1. The van der Waals surface area contributed by atoms with Crippen molar-refractivity contribution in [3.63, 3.8) is 0 Å². The molecule has 0 bridgehead atoms. The molecule has 1 heterocycles. The normalized spacial score (nSPS) is 24.0. The number of aliphatic hydroxyl groups excluding tert-OH is 1. The van der Waals surface area contributed by atoms with Gasteiger partial charge in [-0.1, -0.05) is 12.1 Å². The van der Waals surface area contributed by atoms with Crippen LogP contribution in [0.4, 0.5) is 0 Å².